The number of benzene rings is 1. The van der Waals surface area contributed by atoms with Crippen molar-refractivity contribution in [1.82, 2.24) is 0 Å². The molecule has 0 saturated carbocycles. The molecule has 3 nitrogen and oxygen atoms in total. The van der Waals surface area contributed by atoms with Gasteiger partial charge in [0.05, 0.1) is 0 Å². The Hall–Kier alpha value is -1.23. The predicted molar refractivity (Wildman–Crippen MR) is 69.1 cm³/mol. The van der Waals surface area contributed by atoms with Gasteiger partial charge in [0.15, 0.2) is 5.84 Å². The number of nitrogens with two attached hydrogens (primary N) is 1. The smallest absolute Gasteiger partial charge is 0.170 e. The van der Waals surface area contributed by atoms with E-state index in [2.05, 4.69) is 19.0 Å². The highest BCUT2D eigenvalue weighted by Gasteiger charge is 2.08. The zero-order chi connectivity index (χ0) is 12.8. The highest BCUT2D eigenvalue weighted by molar-refractivity contribution is 7.99. The maximum atomic E-state index is 13.7. The van der Waals surface area contributed by atoms with Crippen LogP contribution >= 0.6 is 11.8 Å². The summed E-state index contributed by atoms with van der Waals surface area (Å²) < 4.78 is 13.7. The van der Waals surface area contributed by atoms with Crippen molar-refractivity contribution in [2.75, 3.05) is 5.75 Å². The van der Waals surface area contributed by atoms with Crippen molar-refractivity contribution in [2.45, 2.75) is 25.2 Å². The zero-order valence-electron chi connectivity index (χ0n) is 9.98. The number of nitrogens with zero attached hydrogens (tertiary/aromatic N) is 1. The Morgan fingerprint density at radius 2 is 2.29 bits per heavy atom. The van der Waals surface area contributed by atoms with E-state index >= 15 is 0 Å². The number of hydrogen-bond donors (Lipinski definition) is 2. The van der Waals surface area contributed by atoms with Crippen LogP contribution in [-0.4, -0.2) is 16.8 Å². The fourth-order valence-electron chi connectivity index (χ4n) is 1.18. The minimum Gasteiger partial charge on any atom is -0.409 e. The van der Waals surface area contributed by atoms with E-state index in [4.69, 9.17) is 10.9 Å². The molecule has 0 radical (unpaired) electrons. The van der Waals surface area contributed by atoms with E-state index in [-0.39, 0.29) is 11.7 Å². The number of oxime groups is 1. The predicted octanol–water partition coefficient (Wildman–Crippen LogP) is 3.06. The van der Waals surface area contributed by atoms with Crippen molar-refractivity contribution in [3.8, 4) is 0 Å². The largest absolute Gasteiger partial charge is 0.409 e. The highest BCUT2D eigenvalue weighted by Crippen LogP contribution is 2.25. The van der Waals surface area contributed by atoms with Crippen LogP contribution in [0.1, 0.15) is 25.8 Å². The molecule has 1 atom stereocenters. The molecule has 0 aliphatic heterocycles. The van der Waals surface area contributed by atoms with Gasteiger partial charge in [-0.3, -0.25) is 0 Å². The van der Waals surface area contributed by atoms with Crippen LogP contribution in [0.4, 0.5) is 4.39 Å². The first-order valence-corrected chi connectivity index (χ1v) is 6.47. The van der Waals surface area contributed by atoms with Gasteiger partial charge in [-0.05, 0) is 24.1 Å². The number of thioether (sulfide) groups is 1. The lowest BCUT2D eigenvalue weighted by atomic mass is 10.2. The molecule has 0 fully saturated rings. The van der Waals surface area contributed by atoms with Crippen molar-refractivity contribution in [3.63, 3.8) is 0 Å². The molecule has 5 heteroatoms. The van der Waals surface area contributed by atoms with Crippen LogP contribution in [0.15, 0.2) is 28.3 Å². The van der Waals surface area contributed by atoms with E-state index in [1.807, 2.05) is 0 Å². The fraction of sp³-hybridized carbons (Fsp3) is 0.417. The average molecular weight is 256 g/mol. The molecule has 1 aromatic rings. The summed E-state index contributed by atoms with van der Waals surface area (Å²) in [5, 5.41) is 11.3. The number of halogens is 1. The van der Waals surface area contributed by atoms with Crippen molar-refractivity contribution in [2.24, 2.45) is 16.8 Å². The fourth-order valence-corrected chi connectivity index (χ4v) is 2.25. The minimum atomic E-state index is -0.331. The molecule has 0 amide bonds. The molecule has 0 spiro atoms. The second-order valence-corrected chi connectivity index (χ2v) is 5.02. The lowest BCUT2D eigenvalue weighted by molar-refractivity contribution is 0.318. The highest BCUT2D eigenvalue weighted by atomic mass is 32.2. The summed E-state index contributed by atoms with van der Waals surface area (Å²) in [6.07, 6.45) is 1.08. The van der Waals surface area contributed by atoms with Crippen LogP contribution in [0, 0.1) is 11.7 Å². The maximum absolute atomic E-state index is 13.7. The van der Waals surface area contributed by atoms with Gasteiger partial charge in [0.1, 0.15) is 5.82 Å². The minimum absolute atomic E-state index is 0.0811. The van der Waals surface area contributed by atoms with Gasteiger partial charge >= 0.3 is 0 Å². The quantitative estimate of drug-likeness (QED) is 0.280. The molecule has 0 aromatic heterocycles. The Balaban J connectivity index is 2.76. The molecule has 1 unspecified atom stereocenters. The Labute approximate surface area is 105 Å². The van der Waals surface area contributed by atoms with Crippen molar-refractivity contribution in [3.05, 3.63) is 29.6 Å². The molecule has 17 heavy (non-hydrogen) atoms. The SMILES string of the molecule is CCC(C)CSc1ccc(/C(N)=N/O)cc1F. The van der Waals surface area contributed by atoms with E-state index in [0.717, 1.165) is 12.2 Å². The Morgan fingerprint density at radius 1 is 1.59 bits per heavy atom. The second kappa shape index (κ2) is 6.49. The summed E-state index contributed by atoms with van der Waals surface area (Å²) in [5.41, 5.74) is 5.77. The Bertz CT molecular complexity index is 409. The number of amidine groups is 1. The lowest BCUT2D eigenvalue weighted by Gasteiger charge is -2.09. The van der Waals surface area contributed by atoms with Gasteiger partial charge < -0.3 is 10.9 Å². The molecule has 0 aliphatic carbocycles. The van der Waals surface area contributed by atoms with Gasteiger partial charge in [-0.25, -0.2) is 4.39 Å². The van der Waals surface area contributed by atoms with Crippen LogP contribution in [-0.2, 0) is 0 Å². The lowest BCUT2D eigenvalue weighted by Crippen LogP contribution is -2.13. The van der Waals surface area contributed by atoms with Gasteiger partial charge in [0.25, 0.3) is 0 Å². The first kappa shape index (κ1) is 13.8. The third kappa shape index (κ3) is 3.93. The molecule has 1 aromatic carbocycles. The summed E-state index contributed by atoms with van der Waals surface area (Å²) in [6, 6.07) is 4.60. The summed E-state index contributed by atoms with van der Waals surface area (Å²) in [5.74, 6) is 1.03. The van der Waals surface area contributed by atoms with Gasteiger partial charge in [-0.1, -0.05) is 25.4 Å². The summed E-state index contributed by atoms with van der Waals surface area (Å²) in [4.78, 5) is 0.597. The molecular formula is C12H17FN2OS. The molecule has 0 bridgehead atoms. The standard InChI is InChI=1S/C12H17FN2OS/c1-3-8(2)7-17-11-5-4-9(6-10(11)13)12(14)15-16/h4-6,8,16H,3,7H2,1-2H3,(H2,14,15). The molecule has 0 heterocycles. The second-order valence-electron chi connectivity index (χ2n) is 3.95. The molecule has 94 valence electrons. The van der Waals surface area contributed by atoms with Crippen LogP contribution in [0.3, 0.4) is 0 Å². The molecular weight excluding hydrogens is 239 g/mol. The molecule has 0 saturated heterocycles. The number of hydrogen-bond acceptors (Lipinski definition) is 3. The maximum Gasteiger partial charge on any atom is 0.170 e. The van der Waals surface area contributed by atoms with Crippen LogP contribution in [0.5, 0.6) is 0 Å². The van der Waals surface area contributed by atoms with E-state index in [0.29, 0.717) is 16.4 Å². The van der Waals surface area contributed by atoms with E-state index in [1.54, 1.807) is 12.1 Å². The van der Waals surface area contributed by atoms with Gasteiger partial charge in [-0.15, -0.1) is 11.8 Å². The topological polar surface area (TPSA) is 58.6 Å². The van der Waals surface area contributed by atoms with Gasteiger partial charge in [-0.2, -0.15) is 0 Å². The third-order valence-corrected chi connectivity index (χ3v) is 3.93. The summed E-state index contributed by atoms with van der Waals surface area (Å²) in [6.45, 7) is 4.25. The van der Waals surface area contributed by atoms with Crippen molar-refractivity contribution >= 4 is 17.6 Å². The van der Waals surface area contributed by atoms with Crippen LogP contribution < -0.4 is 5.73 Å². The monoisotopic (exact) mass is 256 g/mol. The van der Waals surface area contributed by atoms with E-state index in [9.17, 15) is 4.39 Å². The molecule has 1 rings (SSSR count). The summed E-state index contributed by atoms with van der Waals surface area (Å²) in [7, 11) is 0. The molecule has 0 aliphatic rings. The van der Waals surface area contributed by atoms with Gasteiger partial charge in [0, 0.05) is 16.2 Å². The van der Waals surface area contributed by atoms with Crippen molar-refractivity contribution in [1.29, 1.82) is 0 Å². The van der Waals surface area contributed by atoms with Crippen LogP contribution in [0.25, 0.3) is 0 Å². The van der Waals surface area contributed by atoms with E-state index < -0.39 is 0 Å². The Morgan fingerprint density at radius 3 is 2.82 bits per heavy atom. The molecule has 3 N–H and O–H groups in total. The average Bonchev–Trinajstić information content (AvgIpc) is 2.35. The summed E-state index contributed by atoms with van der Waals surface area (Å²) >= 11 is 1.49. The Kier molecular flexibility index (Phi) is 5.28. The third-order valence-electron chi connectivity index (χ3n) is 2.56. The zero-order valence-corrected chi connectivity index (χ0v) is 10.8. The first-order chi connectivity index (χ1) is 8.08. The van der Waals surface area contributed by atoms with E-state index in [1.165, 1.54) is 17.8 Å². The normalized spacial score (nSPS) is 13.7. The van der Waals surface area contributed by atoms with Gasteiger partial charge in [0.2, 0.25) is 0 Å². The van der Waals surface area contributed by atoms with Crippen molar-refractivity contribution < 1.29 is 9.60 Å². The number of rotatable bonds is 5. The first-order valence-electron chi connectivity index (χ1n) is 5.48. The van der Waals surface area contributed by atoms with Crippen LogP contribution in [0.2, 0.25) is 0 Å².